The van der Waals surface area contributed by atoms with E-state index < -0.39 is 10.0 Å². The first-order valence-electron chi connectivity index (χ1n) is 11.6. The molecular formula is C27H29N3O4S. The summed E-state index contributed by atoms with van der Waals surface area (Å²) in [5, 5.41) is 3.05. The maximum atomic E-state index is 13.1. The van der Waals surface area contributed by atoms with Gasteiger partial charge in [-0.05, 0) is 56.2 Å². The smallest absolute Gasteiger partial charge is 0.243 e. The van der Waals surface area contributed by atoms with E-state index in [0.717, 1.165) is 11.4 Å². The van der Waals surface area contributed by atoms with Crippen LogP contribution in [0, 0.1) is 5.92 Å². The summed E-state index contributed by atoms with van der Waals surface area (Å²) in [6.07, 6.45) is 0.876. The summed E-state index contributed by atoms with van der Waals surface area (Å²) in [5.41, 5.74) is 3.06. The van der Waals surface area contributed by atoms with Gasteiger partial charge in [-0.15, -0.1) is 0 Å². The van der Waals surface area contributed by atoms with Gasteiger partial charge in [0, 0.05) is 37.3 Å². The van der Waals surface area contributed by atoms with Crippen molar-refractivity contribution in [1.29, 1.82) is 0 Å². The van der Waals surface area contributed by atoms with Gasteiger partial charge >= 0.3 is 0 Å². The summed E-state index contributed by atoms with van der Waals surface area (Å²) >= 11 is 0. The van der Waals surface area contributed by atoms with E-state index in [9.17, 15) is 18.0 Å². The third-order valence-electron chi connectivity index (χ3n) is 6.39. The number of sulfonamides is 1. The first-order chi connectivity index (χ1) is 16.8. The number of piperidine rings is 1. The number of anilines is 3. The maximum absolute atomic E-state index is 13.1. The van der Waals surface area contributed by atoms with Crippen molar-refractivity contribution in [2.24, 2.45) is 5.92 Å². The third kappa shape index (κ3) is 5.44. The molecule has 4 rings (SSSR count). The van der Waals surface area contributed by atoms with Crippen LogP contribution in [0.1, 0.15) is 30.1 Å². The SMILES string of the molecule is CC(=O)c1ccc(S(=O)(=O)N2CCC(C(=O)Nc3ccccc3N(C)c3ccccc3)CC2)cc1. The van der Waals surface area contributed by atoms with Crippen LogP contribution in [0.5, 0.6) is 0 Å². The fourth-order valence-electron chi connectivity index (χ4n) is 4.27. The first kappa shape index (κ1) is 24.6. The Balaban J connectivity index is 1.41. The van der Waals surface area contributed by atoms with Crippen molar-refractivity contribution in [3.05, 3.63) is 84.4 Å². The van der Waals surface area contributed by atoms with Gasteiger partial charge in [0.05, 0.1) is 16.3 Å². The summed E-state index contributed by atoms with van der Waals surface area (Å²) in [4.78, 5) is 26.7. The molecule has 0 unspecified atom stereocenters. The highest BCUT2D eigenvalue weighted by Crippen LogP contribution is 2.32. The van der Waals surface area contributed by atoms with Crippen LogP contribution >= 0.6 is 0 Å². The first-order valence-corrected chi connectivity index (χ1v) is 13.0. The lowest BCUT2D eigenvalue weighted by Crippen LogP contribution is -2.41. The molecule has 0 saturated carbocycles. The van der Waals surface area contributed by atoms with Crippen LogP contribution in [0.25, 0.3) is 0 Å². The maximum Gasteiger partial charge on any atom is 0.243 e. The zero-order valence-corrected chi connectivity index (χ0v) is 20.7. The Morgan fingerprint density at radius 1 is 0.886 bits per heavy atom. The Kier molecular flexibility index (Phi) is 7.33. The van der Waals surface area contributed by atoms with Crippen LogP contribution in [0.3, 0.4) is 0 Å². The molecule has 8 heteroatoms. The zero-order chi connectivity index (χ0) is 25.0. The summed E-state index contributed by atoms with van der Waals surface area (Å²) in [6.45, 7) is 1.97. The molecule has 1 aliphatic heterocycles. The number of carbonyl (C=O) groups excluding carboxylic acids is 2. The minimum Gasteiger partial charge on any atom is -0.343 e. The molecule has 3 aromatic rings. The highest BCUT2D eigenvalue weighted by Gasteiger charge is 2.32. The number of rotatable bonds is 7. The van der Waals surface area contributed by atoms with Crippen LogP contribution in [0.4, 0.5) is 17.1 Å². The lowest BCUT2D eigenvalue weighted by Gasteiger charge is -2.31. The number of benzene rings is 3. The van der Waals surface area contributed by atoms with E-state index in [1.807, 2.05) is 66.5 Å². The Morgan fingerprint density at radius 3 is 2.11 bits per heavy atom. The molecule has 0 aromatic heterocycles. The Bertz CT molecular complexity index is 1300. The highest BCUT2D eigenvalue weighted by atomic mass is 32.2. The largest absolute Gasteiger partial charge is 0.343 e. The fraction of sp³-hybridized carbons (Fsp3) is 0.259. The number of para-hydroxylation sites is 3. The van der Waals surface area contributed by atoms with Gasteiger partial charge in [0.1, 0.15) is 0 Å². The molecule has 0 aliphatic carbocycles. The molecule has 0 bridgehead atoms. The molecule has 0 radical (unpaired) electrons. The monoisotopic (exact) mass is 491 g/mol. The van der Waals surface area contributed by atoms with Crippen molar-refractivity contribution >= 4 is 38.8 Å². The highest BCUT2D eigenvalue weighted by molar-refractivity contribution is 7.89. The molecule has 3 aromatic carbocycles. The van der Waals surface area contributed by atoms with Gasteiger partial charge in [-0.2, -0.15) is 4.31 Å². The Morgan fingerprint density at radius 2 is 1.49 bits per heavy atom. The molecule has 182 valence electrons. The number of hydrogen-bond donors (Lipinski definition) is 1. The molecule has 0 atom stereocenters. The van der Waals surface area contributed by atoms with Gasteiger partial charge in [-0.1, -0.05) is 42.5 Å². The summed E-state index contributed by atoms with van der Waals surface area (Å²) in [6, 6.07) is 23.5. The summed E-state index contributed by atoms with van der Waals surface area (Å²) in [5.74, 6) is -0.504. The molecular weight excluding hydrogens is 462 g/mol. The summed E-state index contributed by atoms with van der Waals surface area (Å²) in [7, 11) is -1.73. The normalized spacial score (nSPS) is 14.9. The van der Waals surface area contributed by atoms with Gasteiger partial charge in [0.25, 0.3) is 0 Å². The van der Waals surface area contributed by atoms with E-state index in [4.69, 9.17) is 0 Å². The standard InChI is InChI=1S/C27H29N3O4S/c1-20(31)21-12-14-24(15-13-21)35(33,34)30-18-16-22(17-19-30)27(32)28-25-10-6-7-11-26(25)29(2)23-8-4-3-5-9-23/h3-15,22H,16-19H2,1-2H3,(H,28,32). The van der Waals surface area contributed by atoms with Gasteiger partial charge < -0.3 is 10.2 Å². The minimum absolute atomic E-state index is 0.109. The second-order valence-corrected chi connectivity index (χ2v) is 10.6. The van der Waals surface area contributed by atoms with Crippen LogP contribution in [0.2, 0.25) is 0 Å². The average Bonchev–Trinajstić information content (AvgIpc) is 2.89. The van der Waals surface area contributed by atoms with E-state index in [1.165, 1.54) is 35.5 Å². The van der Waals surface area contributed by atoms with Crippen molar-refractivity contribution in [2.45, 2.75) is 24.7 Å². The van der Waals surface area contributed by atoms with E-state index in [-0.39, 0.29) is 35.6 Å². The molecule has 1 amide bonds. The van der Waals surface area contributed by atoms with Gasteiger partial charge in [0.2, 0.25) is 15.9 Å². The Labute approximate surface area is 206 Å². The molecule has 35 heavy (non-hydrogen) atoms. The molecule has 1 N–H and O–H groups in total. The topological polar surface area (TPSA) is 86.8 Å². The van der Waals surface area contributed by atoms with Crippen LogP contribution < -0.4 is 10.2 Å². The van der Waals surface area contributed by atoms with Crippen molar-refractivity contribution in [3.63, 3.8) is 0 Å². The van der Waals surface area contributed by atoms with E-state index in [0.29, 0.717) is 24.1 Å². The lowest BCUT2D eigenvalue weighted by atomic mass is 9.97. The molecule has 1 saturated heterocycles. The van der Waals surface area contributed by atoms with Crippen LogP contribution in [-0.2, 0) is 14.8 Å². The van der Waals surface area contributed by atoms with Crippen LogP contribution in [0.15, 0.2) is 83.8 Å². The van der Waals surface area contributed by atoms with Crippen molar-refractivity contribution in [2.75, 3.05) is 30.4 Å². The van der Waals surface area contributed by atoms with Crippen molar-refractivity contribution in [1.82, 2.24) is 4.31 Å². The molecule has 1 fully saturated rings. The second kappa shape index (κ2) is 10.4. The molecule has 1 aliphatic rings. The van der Waals surface area contributed by atoms with E-state index >= 15 is 0 Å². The average molecular weight is 492 g/mol. The number of Topliss-reactive ketones (excluding diaryl/α,β-unsaturated/α-hetero) is 1. The number of amides is 1. The second-order valence-electron chi connectivity index (χ2n) is 8.66. The van der Waals surface area contributed by atoms with E-state index in [1.54, 1.807) is 0 Å². The van der Waals surface area contributed by atoms with Gasteiger partial charge in [-0.25, -0.2) is 8.42 Å². The molecule has 7 nitrogen and oxygen atoms in total. The lowest BCUT2D eigenvalue weighted by molar-refractivity contribution is -0.120. The predicted molar refractivity (Wildman–Crippen MR) is 138 cm³/mol. The number of ketones is 1. The summed E-state index contributed by atoms with van der Waals surface area (Å²) < 4.78 is 27.5. The minimum atomic E-state index is -3.68. The number of nitrogens with zero attached hydrogens (tertiary/aromatic N) is 2. The van der Waals surface area contributed by atoms with Crippen molar-refractivity contribution < 1.29 is 18.0 Å². The zero-order valence-electron chi connectivity index (χ0n) is 19.8. The van der Waals surface area contributed by atoms with Gasteiger partial charge in [-0.3, -0.25) is 9.59 Å². The number of carbonyl (C=O) groups is 2. The predicted octanol–water partition coefficient (Wildman–Crippen LogP) is 4.70. The number of hydrogen-bond acceptors (Lipinski definition) is 5. The molecule has 0 spiro atoms. The fourth-order valence-corrected chi connectivity index (χ4v) is 5.74. The van der Waals surface area contributed by atoms with Gasteiger partial charge in [0.15, 0.2) is 5.78 Å². The molecule has 1 heterocycles. The third-order valence-corrected chi connectivity index (χ3v) is 8.30. The quantitative estimate of drug-likeness (QED) is 0.484. The number of nitrogens with one attached hydrogen (secondary N) is 1. The van der Waals surface area contributed by atoms with Crippen molar-refractivity contribution in [3.8, 4) is 0 Å². The Hall–Kier alpha value is -3.49. The van der Waals surface area contributed by atoms with Crippen LogP contribution in [-0.4, -0.2) is 44.6 Å². The van der Waals surface area contributed by atoms with E-state index in [2.05, 4.69) is 5.32 Å².